The van der Waals surface area contributed by atoms with E-state index in [-0.39, 0.29) is 17.8 Å². The molecule has 24 heavy (non-hydrogen) atoms. The Bertz CT molecular complexity index is 707. The van der Waals surface area contributed by atoms with E-state index in [0.29, 0.717) is 6.54 Å². The fourth-order valence-corrected chi connectivity index (χ4v) is 3.45. The molecule has 1 N–H and O–H groups in total. The van der Waals surface area contributed by atoms with Crippen LogP contribution in [0.3, 0.4) is 0 Å². The van der Waals surface area contributed by atoms with Crippen LogP contribution in [0.5, 0.6) is 0 Å². The lowest BCUT2D eigenvalue weighted by atomic mass is 10.0. The van der Waals surface area contributed by atoms with E-state index in [4.69, 9.17) is 0 Å². The van der Waals surface area contributed by atoms with Gasteiger partial charge in [0.05, 0.1) is 6.54 Å². The summed E-state index contributed by atoms with van der Waals surface area (Å²) in [6.45, 7) is 5.25. The predicted molar refractivity (Wildman–Crippen MR) is 94.5 cm³/mol. The SMILES string of the molecule is Cc1cccc(C)c1NC(=O)CN1CCCC1c1ccc(F)cc1. The molecule has 1 atom stereocenters. The molecule has 3 rings (SSSR count). The molecule has 2 aromatic rings. The van der Waals surface area contributed by atoms with Crippen LogP contribution in [0.1, 0.15) is 35.6 Å². The predicted octanol–water partition coefficient (Wildman–Crippen LogP) is 4.22. The van der Waals surface area contributed by atoms with Gasteiger partial charge < -0.3 is 5.32 Å². The average molecular weight is 326 g/mol. The molecule has 1 saturated heterocycles. The maximum atomic E-state index is 13.1. The average Bonchev–Trinajstić information content (AvgIpc) is 3.00. The molecule has 3 nitrogen and oxygen atoms in total. The van der Waals surface area contributed by atoms with Gasteiger partial charge in [-0.05, 0) is 62.1 Å². The third-order valence-electron chi connectivity index (χ3n) is 4.71. The molecule has 0 saturated carbocycles. The van der Waals surface area contributed by atoms with Crippen molar-refractivity contribution in [3.63, 3.8) is 0 Å². The lowest BCUT2D eigenvalue weighted by Crippen LogP contribution is -2.33. The molecule has 0 radical (unpaired) electrons. The summed E-state index contributed by atoms with van der Waals surface area (Å²) >= 11 is 0. The van der Waals surface area contributed by atoms with E-state index in [1.54, 1.807) is 0 Å². The number of aryl methyl sites for hydroxylation is 2. The van der Waals surface area contributed by atoms with Gasteiger partial charge in [-0.15, -0.1) is 0 Å². The molecule has 1 unspecified atom stereocenters. The molecule has 1 heterocycles. The highest BCUT2D eigenvalue weighted by Crippen LogP contribution is 2.31. The van der Waals surface area contributed by atoms with Crippen molar-refractivity contribution < 1.29 is 9.18 Å². The van der Waals surface area contributed by atoms with Gasteiger partial charge in [0.2, 0.25) is 5.91 Å². The third kappa shape index (κ3) is 3.65. The number of nitrogens with one attached hydrogen (secondary N) is 1. The van der Waals surface area contributed by atoms with Crippen LogP contribution < -0.4 is 5.32 Å². The summed E-state index contributed by atoms with van der Waals surface area (Å²) in [6, 6.07) is 12.8. The fourth-order valence-electron chi connectivity index (χ4n) is 3.45. The maximum absolute atomic E-state index is 13.1. The number of nitrogens with zero attached hydrogens (tertiary/aromatic N) is 1. The Balaban J connectivity index is 1.68. The first-order chi connectivity index (χ1) is 11.5. The van der Waals surface area contributed by atoms with Gasteiger partial charge in [-0.2, -0.15) is 0 Å². The molecule has 4 heteroatoms. The molecular formula is C20H23FN2O. The molecule has 0 bridgehead atoms. The van der Waals surface area contributed by atoms with Crippen molar-refractivity contribution in [2.24, 2.45) is 0 Å². The Labute approximate surface area is 142 Å². The summed E-state index contributed by atoms with van der Waals surface area (Å²) in [6.07, 6.45) is 2.06. The summed E-state index contributed by atoms with van der Waals surface area (Å²) in [5.74, 6) is -0.225. The van der Waals surface area contributed by atoms with Gasteiger partial charge in [-0.3, -0.25) is 9.69 Å². The molecular weight excluding hydrogens is 303 g/mol. The van der Waals surface area contributed by atoms with E-state index >= 15 is 0 Å². The molecule has 1 aliphatic rings. The number of amides is 1. The van der Waals surface area contributed by atoms with E-state index < -0.39 is 0 Å². The first-order valence-electron chi connectivity index (χ1n) is 8.40. The second-order valence-electron chi connectivity index (χ2n) is 6.50. The van der Waals surface area contributed by atoms with E-state index in [1.807, 2.05) is 44.2 Å². The number of para-hydroxylation sites is 1. The van der Waals surface area contributed by atoms with Gasteiger partial charge in [0, 0.05) is 11.7 Å². The first kappa shape index (κ1) is 16.7. The minimum atomic E-state index is -0.226. The molecule has 0 spiro atoms. The third-order valence-corrected chi connectivity index (χ3v) is 4.71. The van der Waals surface area contributed by atoms with Crippen LogP contribution in [0.4, 0.5) is 10.1 Å². The van der Waals surface area contributed by atoms with Crippen molar-refractivity contribution in [1.82, 2.24) is 4.90 Å². The summed E-state index contributed by atoms with van der Waals surface area (Å²) < 4.78 is 13.1. The van der Waals surface area contributed by atoms with E-state index in [0.717, 1.165) is 41.8 Å². The van der Waals surface area contributed by atoms with Crippen LogP contribution in [0.15, 0.2) is 42.5 Å². The Morgan fingerprint density at radius 3 is 2.50 bits per heavy atom. The zero-order valence-corrected chi connectivity index (χ0v) is 14.2. The summed E-state index contributed by atoms with van der Waals surface area (Å²) in [5, 5.41) is 3.05. The molecule has 1 amide bonds. The minimum absolute atomic E-state index is 0.00131. The standard InChI is InChI=1S/C20H23FN2O/c1-14-5-3-6-15(2)20(14)22-19(24)13-23-12-4-7-18(23)16-8-10-17(21)11-9-16/h3,5-6,8-11,18H,4,7,12-13H2,1-2H3,(H,22,24). The number of anilines is 1. The summed E-state index contributed by atoms with van der Waals surface area (Å²) in [4.78, 5) is 14.7. The van der Waals surface area contributed by atoms with Gasteiger partial charge in [0.15, 0.2) is 0 Å². The van der Waals surface area contributed by atoms with Crippen LogP contribution in [0.25, 0.3) is 0 Å². The number of benzene rings is 2. The van der Waals surface area contributed by atoms with Crippen molar-refractivity contribution in [2.75, 3.05) is 18.4 Å². The number of hydrogen-bond acceptors (Lipinski definition) is 2. The largest absolute Gasteiger partial charge is 0.324 e. The normalized spacial score (nSPS) is 17.9. The van der Waals surface area contributed by atoms with Gasteiger partial charge in [-0.25, -0.2) is 4.39 Å². The molecule has 0 aliphatic carbocycles. The number of carbonyl (C=O) groups excluding carboxylic acids is 1. The van der Waals surface area contributed by atoms with Crippen molar-refractivity contribution in [3.05, 3.63) is 65.0 Å². The zero-order chi connectivity index (χ0) is 17.1. The van der Waals surface area contributed by atoms with Gasteiger partial charge >= 0.3 is 0 Å². The highest BCUT2D eigenvalue weighted by molar-refractivity contribution is 5.93. The minimum Gasteiger partial charge on any atom is -0.324 e. The van der Waals surface area contributed by atoms with E-state index in [9.17, 15) is 9.18 Å². The quantitative estimate of drug-likeness (QED) is 0.912. The molecule has 2 aromatic carbocycles. The summed E-state index contributed by atoms with van der Waals surface area (Å²) in [5.41, 5.74) is 4.12. The van der Waals surface area contributed by atoms with Gasteiger partial charge in [0.1, 0.15) is 5.82 Å². The van der Waals surface area contributed by atoms with Crippen LogP contribution >= 0.6 is 0 Å². The number of likely N-dealkylation sites (tertiary alicyclic amines) is 1. The number of rotatable bonds is 4. The molecule has 0 aromatic heterocycles. The highest BCUT2D eigenvalue weighted by Gasteiger charge is 2.27. The zero-order valence-electron chi connectivity index (χ0n) is 14.2. The smallest absolute Gasteiger partial charge is 0.238 e. The number of hydrogen-bond donors (Lipinski definition) is 1. The molecule has 126 valence electrons. The second kappa shape index (κ2) is 7.14. The Kier molecular flexibility index (Phi) is 4.95. The molecule has 1 aliphatic heterocycles. The van der Waals surface area contributed by atoms with Gasteiger partial charge in [-0.1, -0.05) is 30.3 Å². The van der Waals surface area contributed by atoms with Crippen LogP contribution in [0, 0.1) is 19.7 Å². The highest BCUT2D eigenvalue weighted by atomic mass is 19.1. The Morgan fingerprint density at radius 1 is 1.17 bits per heavy atom. The molecule has 1 fully saturated rings. The van der Waals surface area contributed by atoms with Crippen molar-refractivity contribution in [3.8, 4) is 0 Å². The van der Waals surface area contributed by atoms with Crippen molar-refractivity contribution in [2.45, 2.75) is 32.7 Å². The monoisotopic (exact) mass is 326 g/mol. The van der Waals surface area contributed by atoms with Crippen LogP contribution in [-0.4, -0.2) is 23.9 Å². The topological polar surface area (TPSA) is 32.3 Å². The lowest BCUT2D eigenvalue weighted by Gasteiger charge is -2.24. The Morgan fingerprint density at radius 2 is 1.83 bits per heavy atom. The number of halogens is 1. The summed E-state index contributed by atoms with van der Waals surface area (Å²) in [7, 11) is 0. The van der Waals surface area contributed by atoms with Crippen LogP contribution in [-0.2, 0) is 4.79 Å². The first-order valence-corrected chi connectivity index (χ1v) is 8.40. The van der Waals surface area contributed by atoms with Crippen molar-refractivity contribution >= 4 is 11.6 Å². The lowest BCUT2D eigenvalue weighted by molar-refractivity contribution is -0.117. The Hall–Kier alpha value is -2.20. The van der Waals surface area contributed by atoms with E-state index in [1.165, 1.54) is 12.1 Å². The van der Waals surface area contributed by atoms with E-state index in [2.05, 4.69) is 10.2 Å². The number of carbonyl (C=O) groups is 1. The fraction of sp³-hybridized carbons (Fsp3) is 0.350. The maximum Gasteiger partial charge on any atom is 0.238 e. The van der Waals surface area contributed by atoms with Crippen LogP contribution in [0.2, 0.25) is 0 Å². The van der Waals surface area contributed by atoms with Gasteiger partial charge in [0.25, 0.3) is 0 Å². The van der Waals surface area contributed by atoms with Crippen molar-refractivity contribution in [1.29, 1.82) is 0 Å². The second-order valence-corrected chi connectivity index (χ2v) is 6.50.